The molecule has 2 unspecified atom stereocenters. The Labute approximate surface area is 202 Å². The predicted octanol–water partition coefficient (Wildman–Crippen LogP) is 5.56. The molecule has 1 saturated heterocycles. The Bertz CT molecular complexity index is 1230. The molecule has 1 heterocycles. The van der Waals surface area contributed by atoms with Gasteiger partial charge in [-0.2, -0.15) is 5.26 Å². The number of halogens is 2. The van der Waals surface area contributed by atoms with Crippen molar-refractivity contribution in [2.45, 2.75) is 18.2 Å². The average molecular weight is 482 g/mol. The molecule has 0 aliphatic carbocycles. The van der Waals surface area contributed by atoms with Crippen LogP contribution < -0.4 is 9.80 Å². The first-order valence-electron chi connectivity index (χ1n) is 10.1. The van der Waals surface area contributed by atoms with Crippen molar-refractivity contribution in [1.82, 2.24) is 0 Å². The molecule has 8 heteroatoms. The van der Waals surface area contributed by atoms with Gasteiger partial charge in [0.25, 0.3) is 0 Å². The van der Waals surface area contributed by atoms with Gasteiger partial charge in [-0.3, -0.25) is 9.80 Å². The van der Waals surface area contributed by atoms with Crippen molar-refractivity contribution in [1.29, 1.82) is 5.26 Å². The molecule has 0 saturated carbocycles. The Kier molecular flexibility index (Phi) is 6.08. The minimum atomic E-state index is -1.90. The van der Waals surface area contributed by atoms with Crippen LogP contribution in [0.3, 0.4) is 0 Å². The highest BCUT2D eigenvalue weighted by Crippen LogP contribution is 2.51. The van der Waals surface area contributed by atoms with Gasteiger partial charge < -0.3 is 9.84 Å². The van der Waals surface area contributed by atoms with Crippen molar-refractivity contribution in [3.8, 4) is 6.07 Å². The largest absolute Gasteiger partial charge is 0.382 e. The topological polar surface area (TPSA) is 76.8 Å². The standard InChI is InChI=1S/C25H21Cl2N3O3/c1-24(16-33-2)25(32,18-5-3-4-17(14-18)15-28)30(22-12-8-20(27)9-13-22)23(31)29(24)21-10-6-19(26)7-11-21/h3-14,32H,16H2,1-2H3. The molecule has 1 fully saturated rings. The maximum absolute atomic E-state index is 14.0. The van der Waals surface area contributed by atoms with Gasteiger partial charge in [-0.25, -0.2) is 4.79 Å². The minimum Gasteiger partial charge on any atom is -0.382 e. The summed E-state index contributed by atoms with van der Waals surface area (Å²) in [7, 11) is 1.51. The van der Waals surface area contributed by atoms with Crippen molar-refractivity contribution >= 4 is 40.6 Å². The lowest BCUT2D eigenvalue weighted by Gasteiger charge is -2.44. The van der Waals surface area contributed by atoms with Crippen LogP contribution in [0, 0.1) is 11.3 Å². The second kappa shape index (κ2) is 8.69. The van der Waals surface area contributed by atoms with Gasteiger partial charge in [-0.05, 0) is 67.6 Å². The van der Waals surface area contributed by atoms with Gasteiger partial charge in [0, 0.05) is 34.1 Å². The van der Waals surface area contributed by atoms with E-state index in [0.29, 0.717) is 32.5 Å². The number of methoxy groups -OCH3 is 1. The van der Waals surface area contributed by atoms with Crippen LogP contribution >= 0.6 is 23.2 Å². The molecule has 1 N–H and O–H groups in total. The average Bonchev–Trinajstić information content (AvgIpc) is 2.98. The second-order valence-corrected chi connectivity index (χ2v) is 8.85. The van der Waals surface area contributed by atoms with Gasteiger partial charge in [-0.15, -0.1) is 0 Å². The lowest BCUT2D eigenvalue weighted by molar-refractivity contribution is -0.0409. The Morgan fingerprint density at radius 3 is 2.03 bits per heavy atom. The number of hydrogen-bond donors (Lipinski definition) is 1. The van der Waals surface area contributed by atoms with Crippen LogP contribution in [0.5, 0.6) is 0 Å². The molecule has 168 valence electrons. The summed E-state index contributed by atoms with van der Waals surface area (Å²) in [5.74, 6) is 0. The summed E-state index contributed by atoms with van der Waals surface area (Å²) < 4.78 is 5.54. The van der Waals surface area contributed by atoms with Crippen LogP contribution in [0.4, 0.5) is 16.2 Å². The van der Waals surface area contributed by atoms with Crippen molar-refractivity contribution in [3.05, 3.63) is 94.0 Å². The Morgan fingerprint density at radius 1 is 0.970 bits per heavy atom. The fourth-order valence-electron chi connectivity index (χ4n) is 4.41. The third-order valence-electron chi connectivity index (χ3n) is 5.94. The molecule has 0 bridgehead atoms. The first kappa shape index (κ1) is 23.1. The van der Waals surface area contributed by atoms with E-state index in [2.05, 4.69) is 6.07 Å². The summed E-state index contributed by atoms with van der Waals surface area (Å²) in [6.07, 6.45) is 0. The summed E-state index contributed by atoms with van der Waals surface area (Å²) in [5, 5.41) is 23.0. The molecule has 0 spiro atoms. The van der Waals surface area contributed by atoms with Gasteiger partial charge in [0.05, 0.1) is 18.2 Å². The van der Waals surface area contributed by atoms with Gasteiger partial charge in [0.15, 0.2) is 5.72 Å². The van der Waals surface area contributed by atoms with E-state index in [0.717, 1.165) is 0 Å². The number of benzene rings is 3. The van der Waals surface area contributed by atoms with Crippen molar-refractivity contribution in [2.24, 2.45) is 0 Å². The number of rotatable bonds is 5. The predicted molar refractivity (Wildman–Crippen MR) is 129 cm³/mol. The van der Waals surface area contributed by atoms with E-state index in [1.807, 2.05) is 0 Å². The first-order valence-corrected chi connectivity index (χ1v) is 10.9. The van der Waals surface area contributed by atoms with Crippen LogP contribution in [-0.2, 0) is 10.5 Å². The third-order valence-corrected chi connectivity index (χ3v) is 6.44. The zero-order valence-electron chi connectivity index (χ0n) is 18.0. The normalized spacial score (nSPS) is 22.5. The highest BCUT2D eigenvalue weighted by atomic mass is 35.5. The molecule has 0 aromatic heterocycles. The summed E-state index contributed by atoms with van der Waals surface area (Å²) in [4.78, 5) is 16.8. The molecule has 3 aromatic rings. The fourth-order valence-corrected chi connectivity index (χ4v) is 4.66. The molecule has 2 atom stereocenters. The number of anilines is 2. The molecule has 0 radical (unpaired) electrons. The molecule has 1 aliphatic rings. The second-order valence-electron chi connectivity index (χ2n) is 7.98. The molecule has 33 heavy (non-hydrogen) atoms. The number of nitriles is 1. The SMILES string of the molecule is COCC1(C)N(c2ccc(Cl)cc2)C(=O)N(c2ccc(Cl)cc2)C1(O)c1cccc(C#N)c1. The number of amides is 2. The number of urea groups is 1. The third kappa shape index (κ3) is 3.64. The van der Waals surface area contributed by atoms with Gasteiger partial charge >= 0.3 is 6.03 Å². The van der Waals surface area contributed by atoms with Crippen LogP contribution in [-0.4, -0.2) is 30.4 Å². The summed E-state index contributed by atoms with van der Waals surface area (Å²) in [6, 6.07) is 21.6. The van der Waals surface area contributed by atoms with E-state index in [-0.39, 0.29) is 6.61 Å². The molecular weight excluding hydrogens is 461 g/mol. The first-order chi connectivity index (χ1) is 15.8. The zero-order valence-corrected chi connectivity index (χ0v) is 19.5. The molecular formula is C25H21Cl2N3O3. The van der Waals surface area contributed by atoms with Crippen LogP contribution in [0.25, 0.3) is 0 Å². The summed E-state index contributed by atoms with van der Waals surface area (Å²) in [5.41, 5.74) is -1.49. The lowest BCUT2D eigenvalue weighted by atomic mass is 9.82. The number of ether oxygens (including phenoxy) is 1. The monoisotopic (exact) mass is 481 g/mol. The van der Waals surface area contributed by atoms with Crippen molar-refractivity contribution in [2.75, 3.05) is 23.5 Å². The Balaban J connectivity index is 2.02. The molecule has 1 aliphatic heterocycles. The molecule has 3 aromatic carbocycles. The summed E-state index contributed by atoms with van der Waals surface area (Å²) >= 11 is 12.2. The maximum atomic E-state index is 14.0. The zero-order chi connectivity index (χ0) is 23.8. The van der Waals surface area contributed by atoms with E-state index >= 15 is 0 Å². The van der Waals surface area contributed by atoms with E-state index in [9.17, 15) is 15.2 Å². The fraction of sp³-hybridized carbons (Fsp3) is 0.200. The molecule has 6 nitrogen and oxygen atoms in total. The van der Waals surface area contributed by atoms with E-state index in [4.69, 9.17) is 27.9 Å². The lowest BCUT2D eigenvalue weighted by Crippen LogP contribution is -2.60. The number of carbonyl (C=O) groups is 1. The van der Waals surface area contributed by atoms with Gasteiger partial charge in [0.2, 0.25) is 0 Å². The Hall–Kier alpha value is -3.08. The maximum Gasteiger partial charge on any atom is 0.332 e. The van der Waals surface area contributed by atoms with Crippen LogP contribution in [0.2, 0.25) is 10.0 Å². The van der Waals surface area contributed by atoms with Crippen molar-refractivity contribution < 1.29 is 14.6 Å². The smallest absolute Gasteiger partial charge is 0.332 e. The number of aliphatic hydroxyl groups is 1. The molecule has 2 amide bonds. The number of hydrogen-bond acceptors (Lipinski definition) is 4. The van der Waals surface area contributed by atoms with E-state index in [1.165, 1.54) is 16.9 Å². The number of carbonyl (C=O) groups excluding carboxylic acids is 1. The van der Waals surface area contributed by atoms with Gasteiger partial charge in [-0.1, -0.05) is 35.3 Å². The quantitative estimate of drug-likeness (QED) is 0.517. The highest BCUT2D eigenvalue weighted by molar-refractivity contribution is 6.31. The Morgan fingerprint density at radius 2 is 1.52 bits per heavy atom. The highest BCUT2D eigenvalue weighted by Gasteiger charge is 2.66. The number of nitrogens with zero attached hydrogens (tertiary/aromatic N) is 3. The van der Waals surface area contributed by atoms with Crippen molar-refractivity contribution in [3.63, 3.8) is 0 Å². The van der Waals surface area contributed by atoms with E-state index in [1.54, 1.807) is 79.7 Å². The van der Waals surface area contributed by atoms with Crippen LogP contribution in [0.1, 0.15) is 18.1 Å². The molecule has 4 rings (SSSR count). The summed E-state index contributed by atoms with van der Waals surface area (Å²) in [6.45, 7) is 1.75. The minimum absolute atomic E-state index is 0.00125. The van der Waals surface area contributed by atoms with Gasteiger partial charge in [0.1, 0.15) is 5.54 Å². The van der Waals surface area contributed by atoms with E-state index < -0.39 is 17.3 Å². The van der Waals surface area contributed by atoms with Crippen LogP contribution in [0.15, 0.2) is 72.8 Å².